The molecule has 0 saturated carbocycles. The van der Waals surface area contributed by atoms with Gasteiger partial charge in [-0.1, -0.05) is 30.0 Å². The van der Waals surface area contributed by atoms with Gasteiger partial charge in [0.1, 0.15) is 6.33 Å². The Hall–Kier alpha value is -2.60. The number of anilines is 1. The van der Waals surface area contributed by atoms with E-state index in [4.69, 9.17) is 0 Å². The van der Waals surface area contributed by atoms with Gasteiger partial charge in [-0.15, -0.1) is 10.2 Å². The van der Waals surface area contributed by atoms with E-state index in [9.17, 15) is 4.79 Å². The van der Waals surface area contributed by atoms with Gasteiger partial charge in [0, 0.05) is 24.1 Å². The zero-order valence-corrected chi connectivity index (χ0v) is 15.3. The Labute approximate surface area is 151 Å². The summed E-state index contributed by atoms with van der Waals surface area (Å²) in [6.07, 6.45) is 1.68. The van der Waals surface area contributed by atoms with Crippen molar-refractivity contribution in [2.45, 2.75) is 24.8 Å². The van der Waals surface area contributed by atoms with Crippen molar-refractivity contribution in [2.24, 2.45) is 7.05 Å². The minimum atomic E-state index is -0.0961. The van der Waals surface area contributed by atoms with E-state index in [0.29, 0.717) is 5.56 Å². The van der Waals surface area contributed by atoms with Crippen LogP contribution in [0.1, 0.15) is 27.0 Å². The van der Waals surface area contributed by atoms with E-state index in [-0.39, 0.29) is 5.91 Å². The zero-order chi connectivity index (χ0) is 17.8. The minimum absolute atomic E-state index is 0.0961. The highest BCUT2D eigenvalue weighted by atomic mass is 32.2. The summed E-state index contributed by atoms with van der Waals surface area (Å²) in [4.78, 5) is 12.4. The second-order valence-electron chi connectivity index (χ2n) is 5.97. The highest BCUT2D eigenvalue weighted by molar-refractivity contribution is 7.98. The quantitative estimate of drug-likeness (QED) is 0.706. The molecule has 0 saturated heterocycles. The van der Waals surface area contributed by atoms with Gasteiger partial charge in [0.05, 0.1) is 0 Å². The van der Waals surface area contributed by atoms with Crippen LogP contribution >= 0.6 is 11.8 Å². The first-order valence-corrected chi connectivity index (χ1v) is 8.96. The summed E-state index contributed by atoms with van der Waals surface area (Å²) in [5, 5.41) is 11.8. The molecule has 1 heterocycles. The van der Waals surface area contributed by atoms with Crippen LogP contribution in [-0.2, 0) is 12.8 Å². The van der Waals surface area contributed by atoms with E-state index in [1.54, 1.807) is 18.1 Å². The van der Waals surface area contributed by atoms with Gasteiger partial charge in [-0.3, -0.25) is 4.79 Å². The van der Waals surface area contributed by atoms with Crippen molar-refractivity contribution in [3.63, 3.8) is 0 Å². The molecule has 1 amide bonds. The summed E-state index contributed by atoms with van der Waals surface area (Å²) in [6.45, 7) is 4.05. The van der Waals surface area contributed by atoms with E-state index in [1.165, 1.54) is 5.56 Å². The van der Waals surface area contributed by atoms with E-state index in [2.05, 4.69) is 15.5 Å². The SMILES string of the molecule is Cc1ccc(C(=O)Nc2cccc(CSc3nncn3C)c2)cc1C. The fourth-order valence-corrected chi connectivity index (χ4v) is 3.21. The molecule has 0 aliphatic rings. The molecule has 3 rings (SSSR count). The average Bonchev–Trinajstić information content (AvgIpc) is 3.01. The number of nitrogens with one attached hydrogen (secondary N) is 1. The van der Waals surface area contributed by atoms with Crippen molar-refractivity contribution in [1.29, 1.82) is 0 Å². The molecule has 0 aliphatic carbocycles. The Morgan fingerprint density at radius 1 is 1.16 bits per heavy atom. The standard InChI is InChI=1S/C19H20N4OS/c1-13-7-8-16(9-14(13)2)18(24)21-17-6-4-5-15(10-17)11-25-19-22-20-12-23(19)3/h4-10,12H,11H2,1-3H3,(H,21,24). The van der Waals surface area contributed by atoms with Crippen molar-refractivity contribution in [2.75, 3.05) is 5.32 Å². The molecule has 3 aromatic rings. The minimum Gasteiger partial charge on any atom is -0.322 e. The predicted molar refractivity (Wildman–Crippen MR) is 101 cm³/mol. The summed E-state index contributed by atoms with van der Waals surface area (Å²) in [6, 6.07) is 13.6. The van der Waals surface area contributed by atoms with Crippen LogP contribution in [-0.4, -0.2) is 20.7 Å². The monoisotopic (exact) mass is 352 g/mol. The van der Waals surface area contributed by atoms with E-state index >= 15 is 0 Å². The number of hydrogen-bond acceptors (Lipinski definition) is 4. The number of benzene rings is 2. The highest BCUT2D eigenvalue weighted by Crippen LogP contribution is 2.22. The maximum absolute atomic E-state index is 12.4. The fraction of sp³-hybridized carbons (Fsp3) is 0.211. The summed E-state index contributed by atoms with van der Waals surface area (Å²) < 4.78 is 1.88. The molecule has 0 aliphatic heterocycles. The molecular weight excluding hydrogens is 332 g/mol. The number of nitrogens with zero attached hydrogens (tertiary/aromatic N) is 3. The molecule has 0 bridgehead atoms. The Morgan fingerprint density at radius 2 is 2.00 bits per heavy atom. The lowest BCUT2D eigenvalue weighted by molar-refractivity contribution is 0.102. The first kappa shape index (κ1) is 17.2. The molecule has 2 aromatic carbocycles. The van der Waals surface area contributed by atoms with Crippen molar-refractivity contribution >= 4 is 23.4 Å². The summed E-state index contributed by atoms with van der Waals surface area (Å²) in [5.74, 6) is 0.668. The molecule has 1 N–H and O–H groups in total. The van der Waals surface area contributed by atoms with Crippen LogP contribution in [0.25, 0.3) is 0 Å². The average molecular weight is 352 g/mol. The second kappa shape index (κ2) is 7.53. The van der Waals surface area contributed by atoms with Crippen molar-refractivity contribution in [3.8, 4) is 0 Å². The first-order chi connectivity index (χ1) is 12.0. The summed E-state index contributed by atoms with van der Waals surface area (Å²) >= 11 is 1.61. The van der Waals surface area contributed by atoms with Gasteiger partial charge in [0.25, 0.3) is 5.91 Å². The third-order valence-electron chi connectivity index (χ3n) is 3.99. The maximum Gasteiger partial charge on any atom is 0.255 e. The number of rotatable bonds is 5. The number of amides is 1. The number of aryl methyl sites for hydroxylation is 3. The van der Waals surface area contributed by atoms with Gasteiger partial charge < -0.3 is 9.88 Å². The summed E-state index contributed by atoms with van der Waals surface area (Å²) in [7, 11) is 1.92. The molecule has 0 atom stereocenters. The Kier molecular flexibility index (Phi) is 5.19. The molecule has 0 spiro atoms. The van der Waals surface area contributed by atoms with Gasteiger partial charge in [-0.2, -0.15) is 0 Å². The van der Waals surface area contributed by atoms with E-state index in [0.717, 1.165) is 27.7 Å². The van der Waals surface area contributed by atoms with Gasteiger partial charge in [0.2, 0.25) is 0 Å². The van der Waals surface area contributed by atoms with Gasteiger partial charge in [0.15, 0.2) is 5.16 Å². The van der Waals surface area contributed by atoms with Crippen LogP contribution in [0.2, 0.25) is 0 Å². The molecule has 1 aromatic heterocycles. The highest BCUT2D eigenvalue weighted by Gasteiger charge is 2.08. The van der Waals surface area contributed by atoms with Crippen LogP contribution in [0.3, 0.4) is 0 Å². The predicted octanol–water partition coefficient (Wildman–Crippen LogP) is 3.98. The molecule has 6 heteroatoms. The van der Waals surface area contributed by atoms with E-state index < -0.39 is 0 Å². The van der Waals surface area contributed by atoms with E-state index in [1.807, 2.05) is 67.9 Å². The fourth-order valence-electron chi connectivity index (χ4n) is 2.38. The topological polar surface area (TPSA) is 59.8 Å². The molecular formula is C19H20N4OS. The molecule has 0 unspecified atom stereocenters. The molecule has 0 radical (unpaired) electrons. The zero-order valence-electron chi connectivity index (χ0n) is 14.5. The second-order valence-corrected chi connectivity index (χ2v) is 6.91. The van der Waals surface area contributed by atoms with Crippen LogP contribution < -0.4 is 5.32 Å². The molecule has 5 nitrogen and oxygen atoms in total. The lowest BCUT2D eigenvalue weighted by atomic mass is 10.1. The largest absolute Gasteiger partial charge is 0.322 e. The Morgan fingerprint density at radius 3 is 2.72 bits per heavy atom. The smallest absolute Gasteiger partial charge is 0.255 e. The molecule has 128 valence electrons. The van der Waals surface area contributed by atoms with Gasteiger partial charge >= 0.3 is 0 Å². The summed E-state index contributed by atoms with van der Waals surface area (Å²) in [5.41, 5.74) is 4.87. The maximum atomic E-state index is 12.4. The Balaban J connectivity index is 1.67. The lowest BCUT2D eigenvalue weighted by Crippen LogP contribution is -2.12. The van der Waals surface area contributed by atoms with Crippen LogP contribution in [0.4, 0.5) is 5.69 Å². The third-order valence-corrected chi connectivity index (χ3v) is 5.10. The van der Waals surface area contributed by atoms with Crippen molar-refractivity contribution in [1.82, 2.24) is 14.8 Å². The number of carbonyl (C=O) groups is 1. The first-order valence-electron chi connectivity index (χ1n) is 7.97. The number of thioether (sulfide) groups is 1. The lowest BCUT2D eigenvalue weighted by Gasteiger charge is -2.09. The number of aromatic nitrogens is 3. The van der Waals surface area contributed by atoms with Gasteiger partial charge in [-0.05, 0) is 54.8 Å². The Bertz CT molecular complexity index is 904. The van der Waals surface area contributed by atoms with Crippen LogP contribution in [0.15, 0.2) is 53.9 Å². The normalized spacial score (nSPS) is 10.7. The van der Waals surface area contributed by atoms with Gasteiger partial charge in [-0.25, -0.2) is 0 Å². The van der Waals surface area contributed by atoms with Crippen LogP contribution in [0.5, 0.6) is 0 Å². The molecule has 0 fully saturated rings. The molecule has 25 heavy (non-hydrogen) atoms. The van der Waals surface area contributed by atoms with Crippen LogP contribution in [0, 0.1) is 13.8 Å². The van der Waals surface area contributed by atoms with Crippen molar-refractivity contribution in [3.05, 3.63) is 71.0 Å². The van der Waals surface area contributed by atoms with Crippen molar-refractivity contribution < 1.29 is 4.79 Å². The third kappa shape index (κ3) is 4.28. The number of carbonyl (C=O) groups excluding carboxylic acids is 1. The number of hydrogen-bond donors (Lipinski definition) is 1.